The molecule has 0 radical (unpaired) electrons. The molecule has 1 aliphatic heterocycles. The lowest BCUT2D eigenvalue weighted by molar-refractivity contribution is 0.0916. The second-order valence-electron chi connectivity index (χ2n) is 4.70. The van der Waals surface area contributed by atoms with E-state index in [1.54, 1.807) is 0 Å². The fraction of sp³-hybridized carbons (Fsp3) is 0.571. The molecule has 2 unspecified atom stereocenters. The third-order valence-corrected chi connectivity index (χ3v) is 4.69. The second-order valence-corrected chi connectivity index (χ2v) is 6.29. The number of β-amino-alcohol motifs (C(OH)–C–C–N with tert-alkyl or cyclic N) is 1. The van der Waals surface area contributed by atoms with Gasteiger partial charge in [-0.3, -0.25) is 4.90 Å². The van der Waals surface area contributed by atoms with Gasteiger partial charge < -0.3 is 5.11 Å². The summed E-state index contributed by atoms with van der Waals surface area (Å²) in [6.45, 7) is 3.85. The molecule has 2 atom stereocenters. The van der Waals surface area contributed by atoms with Crippen LogP contribution in [0.4, 0.5) is 0 Å². The van der Waals surface area contributed by atoms with Gasteiger partial charge in [-0.25, -0.2) is 0 Å². The lowest BCUT2D eigenvalue weighted by Crippen LogP contribution is -2.40. The quantitative estimate of drug-likeness (QED) is 0.919. The van der Waals surface area contributed by atoms with Gasteiger partial charge in [0.05, 0.1) is 6.10 Å². The fourth-order valence-electron chi connectivity index (χ4n) is 2.25. The van der Waals surface area contributed by atoms with E-state index in [0.717, 1.165) is 36.0 Å². The first-order valence-electron chi connectivity index (χ1n) is 6.46. The standard InChI is InChI=1S/C14H20ClNOS/c1-2-13(17)9-16-7-8-18-10-14(16)11-3-5-12(15)6-4-11/h3-6,13-14,17H,2,7-10H2,1H3. The van der Waals surface area contributed by atoms with Crippen LogP contribution in [0.15, 0.2) is 24.3 Å². The molecule has 0 bridgehead atoms. The van der Waals surface area contributed by atoms with Gasteiger partial charge in [-0.1, -0.05) is 30.7 Å². The van der Waals surface area contributed by atoms with Crippen LogP contribution < -0.4 is 0 Å². The van der Waals surface area contributed by atoms with Crippen molar-refractivity contribution < 1.29 is 5.11 Å². The number of nitrogens with zero attached hydrogens (tertiary/aromatic N) is 1. The van der Waals surface area contributed by atoms with Crippen LogP contribution in [0, 0.1) is 0 Å². The predicted molar refractivity (Wildman–Crippen MR) is 79.4 cm³/mol. The summed E-state index contributed by atoms with van der Waals surface area (Å²) >= 11 is 7.92. The minimum atomic E-state index is -0.220. The van der Waals surface area contributed by atoms with Crippen LogP contribution >= 0.6 is 23.4 Å². The topological polar surface area (TPSA) is 23.5 Å². The van der Waals surface area contributed by atoms with Crippen LogP contribution in [0.5, 0.6) is 0 Å². The van der Waals surface area contributed by atoms with E-state index >= 15 is 0 Å². The van der Waals surface area contributed by atoms with Gasteiger partial charge in [0, 0.05) is 35.7 Å². The van der Waals surface area contributed by atoms with Crippen molar-refractivity contribution in [2.75, 3.05) is 24.6 Å². The van der Waals surface area contributed by atoms with Crippen molar-refractivity contribution in [3.05, 3.63) is 34.9 Å². The van der Waals surface area contributed by atoms with E-state index in [1.165, 1.54) is 5.56 Å². The second kappa shape index (κ2) is 6.80. The molecule has 0 spiro atoms. The average molecular weight is 286 g/mol. The Morgan fingerprint density at radius 2 is 2.17 bits per heavy atom. The molecule has 18 heavy (non-hydrogen) atoms. The number of aliphatic hydroxyl groups excluding tert-OH is 1. The lowest BCUT2D eigenvalue weighted by atomic mass is 10.1. The van der Waals surface area contributed by atoms with Gasteiger partial charge in [-0.15, -0.1) is 0 Å². The van der Waals surface area contributed by atoms with Crippen molar-refractivity contribution >= 4 is 23.4 Å². The maximum Gasteiger partial charge on any atom is 0.0664 e. The Morgan fingerprint density at radius 3 is 2.83 bits per heavy atom. The number of benzene rings is 1. The fourth-order valence-corrected chi connectivity index (χ4v) is 3.53. The zero-order valence-electron chi connectivity index (χ0n) is 10.7. The normalized spacial score (nSPS) is 22.9. The summed E-state index contributed by atoms with van der Waals surface area (Å²) < 4.78 is 0. The first-order valence-corrected chi connectivity index (χ1v) is 7.99. The number of hydrogen-bond donors (Lipinski definition) is 1. The van der Waals surface area contributed by atoms with E-state index in [4.69, 9.17) is 11.6 Å². The molecule has 1 heterocycles. The lowest BCUT2D eigenvalue weighted by Gasteiger charge is -2.36. The van der Waals surface area contributed by atoms with Gasteiger partial charge in [-0.2, -0.15) is 11.8 Å². The molecule has 1 aromatic carbocycles. The van der Waals surface area contributed by atoms with Gasteiger partial charge in [0.25, 0.3) is 0 Å². The van der Waals surface area contributed by atoms with E-state index in [0.29, 0.717) is 6.04 Å². The highest BCUT2D eigenvalue weighted by Gasteiger charge is 2.25. The molecule has 100 valence electrons. The summed E-state index contributed by atoms with van der Waals surface area (Å²) in [5, 5.41) is 10.6. The summed E-state index contributed by atoms with van der Waals surface area (Å²) in [7, 11) is 0. The Labute approximate surface area is 118 Å². The van der Waals surface area contributed by atoms with Crippen molar-refractivity contribution in [3.8, 4) is 0 Å². The molecular formula is C14H20ClNOS. The molecule has 1 saturated heterocycles. The Balaban J connectivity index is 2.09. The minimum Gasteiger partial charge on any atom is -0.392 e. The molecule has 1 aliphatic rings. The summed E-state index contributed by atoms with van der Waals surface area (Å²) in [5.41, 5.74) is 1.30. The van der Waals surface area contributed by atoms with Gasteiger partial charge in [0.15, 0.2) is 0 Å². The molecule has 4 heteroatoms. The summed E-state index contributed by atoms with van der Waals surface area (Å²) in [6.07, 6.45) is 0.597. The van der Waals surface area contributed by atoms with E-state index < -0.39 is 0 Å². The summed E-state index contributed by atoms with van der Waals surface area (Å²) in [5.74, 6) is 2.25. The van der Waals surface area contributed by atoms with Crippen molar-refractivity contribution in [2.24, 2.45) is 0 Å². The average Bonchev–Trinajstić information content (AvgIpc) is 2.40. The summed E-state index contributed by atoms with van der Waals surface area (Å²) in [6, 6.07) is 8.51. The van der Waals surface area contributed by atoms with Crippen LogP contribution in [0.2, 0.25) is 5.02 Å². The van der Waals surface area contributed by atoms with Crippen LogP contribution in [0.25, 0.3) is 0 Å². The maximum atomic E-state index is 9.85. The SMILES string of the molecule is CCC(O)CN1CCSCC1c1ccc(Cl)cc1. The Bertz CT molecular complexity index is 371. The minimum absolute atomic E-state index is 0.220. The molecule has 1 aromatic rings. The Kier molecular flexibility index (Phi) is 5.37. The monoisotopic (exact) mass is 285 g/mol. The zero-order chi connectivity index (χ0) is 13.0. The number of thioether (sulfide) groups is 1. The summed E-state index contributed by atoms with van der Waals surface area (Å²) in [4.78, 5) is 2.40. The first kappa shape index (κ1) is 14.2. The van der Waals surface area contributed by atoms with Crippen molar-refractivity contribution in [3.63, 3.8) is 0 Å². The number of rotatable bonds is 4. The molecule has 1 N–H and O–H groups in total. The van der Waals surface area contributed by atoms with Crippen LogP contribution in [0.3, 0.4) is 0 Å². The third-order valence-electron chi connectivity index (χ3n) is 3.41. The highest BCUT2D eigenvalue weighted by molar-refractivity contribution is 7.99. The van der Waals surface area contributed by atoms with E-state index in [1.807, 2.05) is 30.8 Å². The number of halogens is 1. The first-order chi connectivity index (χ1) is 8.70. The van der Waals surface area contributed by atoms with Gasteiger partial charge in [0.2, 0.25) is 0 Å². The Morgan fingerprint density at radius 1 is 1.44 bits per heavy atom. The predicted octanol–water partition coefficient (Wildman–Crippen LogP) is 3.20. The molecule has 0 saturated carbocycles. The molecule has 0 aromatic heterocycles. The third kappa shape index (κ3) is 3.64. The van der Waals surface area contributed by atoms with Crippen LogP contribution in [-0.2, 0) is 0 Å². The van der Waals surface area contributed by atoms with Crippen LogP contribution in [-0.4, -0.2) is 40.7 Å². The molecule has 2 nitrogen and oxygen atoms in total. The number of aliphatic hydroxyl groups is 1. The van der Waals surface area contributed by atoms with E-state index in [-0.39, 0.29) is 6.10 Å². The maximum absolute atomic E-state index is 9.85. The molecule has 1 fully saturated rings. The van der Waals surface area contributed by atoms with Crippen molar-refractivity contribution in [2.45, 2.75) is 25.5 Å². The molecular weight excluding hydrogens is 266 g/mol. The zero-order valence-corrected chi connectivity index (χ0v) is 12.3. The van der Waals surface area contributed by atoms with Crippen molar-refractivity contribution in [1.29, 1.82) is 0 Å². The van der Waals surface area contributed by atoms with Gasteiger partial charge in [0.1, 0.15) is 0 Å². The van der Waals surface area contributed by atoms with Gasteiger partial charge >= 0.3 is 0 Å². The molecule has 0 aliphatic carbocycles. The van der Waals surface area contributed by atoms with Gasteiger partial charge in [-0.05, 0) is 24.1 Å². The largest absolute Gasteiger partial charge is 0.392 e. The highest BCUT2D eigenvalue weighted by Crippen LogP contribution is 2.30. The van der Waals surface area contributed by atoms with Crippen molar-refractivity contribution in [1.82, 2.24) is 4.90 Å². The van der Waals surface area contributed by atoms with E-state index in [2.05, 4.69) is 17.0 Å². The smallest absolute Gasteiger partial charge is 0.0664 e. The van der Waals surface area contributed by atoms with Crippen LogP contribution in [0.1, 0.15) is 24.9 Å². The Hall–Kier alpha value is -0.220. The number of hydrogen-bond acceptors (Lipinski definition) is 3. The molecule has 0 amide bonds. The highest BCUT2D eigenvalue weighted by atomic mass is 35.5. The van der Waals surface area contributed by atoms with E-state index in [9.17, 15) is 5.11 Å². The molecule has 2 rings (SSSR count).